The summed E-state index contributed by atoms with van der Waals surface area (Å²) in [5.41, 5.74) is 8.71. The molecule has 0 saturated carbocycles. The van der Waals surface area contributed by atoms with Crippen molar-refractivity contribution < 1.29 is 4.74 Å². The molecule has 3 N–H and O–H groups in total. The number of anilines is 2. The standard InChI is InChI=1S/C14H15BrN2O/c1-18-12-4-2-3-10(7-12)9-17-14-8-11(15)5-6-13(14)16/h2-8,17H,9,16H2,1H3. The molecule has 0 amide bonds. The van der Waals surface area contributed by atoms with Crippen LogP contribution in [0.15, 0.2) is 46.9 Å². The van der Waals surface area contributed by atoms with Crippen molar-refractivity contribution in [3.05, 3.63) is 52.5 Å². The van der Waals surface area contributed by atoms with Crippen LogP contribution in [0, 0.1) is 0 Å². The number of hydrogen-bond donors (Lipinski definition) is 2. The van der Waals surface area contributed by atoms with Gasteiger partial charge in [-0.2, -0.15) is 0 Å². The van der Waals surface area contributed by atoms with E-state index in [1.165, 1.54) is 0 Å². The van der Waals surface area contributed by atoms with Gasteiger partial charge in [-0.05, 0) is 35.9 Å². The average Bonchev–Trinajstić information content (AvgIpc) is 2.40. The number of nitrogens with two attached hydrogens (primary N) is 1. The van der Waals surface area contributed by atoms with Gasteiger partial charge in [0.25, 0.3) is 0 Å². The largest absolute Gasteiger partial charge is 0.497 e. The summed E-state index contributed by atoms with van der Waals surface area (Å²) in [5.74, 6) is 0.858. The van der Waals surface area contributed by atoms with Gasteiger partial charge in [0.05, 0.1) is 18.5 Å². The molecule has 2 aromatic rings. The highest BCUT2D eigenvalue weighted by Gasteiger charge is 2.00. The third-order valence-electron chi connectivity index (χ3n) is 2.63. The molecule has 0 unspecified atom stereocenters. The maximum Gasteiger partial charge on any atom is 0.119 e. The Morgan fingerprint density at radius 2 is 2.06 bits per heavy atom. The lowest BCUT2D eigenvalue weighted by atomic mass is 10.2. The van der Waals surface area contributed by atoms with E-state index in [9.17, 15) is 0 Å². The fourth-order valence-electron chi connectivity index (χ4n) is 1.66. The molecule has 0 heterocycles. The molecule has 0 aliphatic carbocycles. The number of halogens is 1. The van der Waals surface area contributed by atoms with Crippen molar-refractivity contribution in [1.82, 2.24) is 0 Å². The van der Waals surface area contributed by atoms with Crippen LogP contribution in [0.1, 0.15) is 5.56 Å². The average molecular weight is 307 g/mol. The van der Waals surface area contributed by atoms with Crippen molar-refractivity contribution in [3.63, 3.8) is 0 Å². The van der Waals surface area contributed by atoms with Gasteiger partial charge in [-0.3, -0.25) is 0 Å². The summed E-state index contributed by atoms with van der Waals surface area (Å²) in [6.07, 6.45) is 0. The van der Waals surface area contributed by atoms with Crippen LogP contribution < -0.4 is 15.8 Å². The molecule has 2 aromatic carbocycles. The summed E-state index contributed by atoms with van der Waals surface area (Å²) in [6, 6.07) is 13.7. The molecule has 4 heteroatoms. The molecule has 18 heavy (non-hydrogen) atoms. The second-order valence-corrected chi connectivity index (χ2v) is 4.85. The van der Waals surface area contributed by atoms with E-state index in [0.29, 0.717) is 6.54 Å². The number of rotatable bonds is 4. The molecule has 0 bridgehead atoms. The van der Waals surface area contributed by atoms with Gasteiger partial charge in [-0.1, -0.05) is 28.1 Å². The Balaban J connectivity index is 2.08. The van der Waals surface area contributed by atoms with Gasteiger partial charge in [0.1, 0.15) is 5.75 Å². The summed E-state index contributed by atoms with van der Waals surface area (Å²) < 4.78 is 6.19. The van der Waals surface area contributed by atoms with E-state index in [1.54, 1.807) is 7.11 Å². The van der Waals surface area contributed by atoms with Crippen LogP contribution >= 0.6 is 15.9 Å². The Morgan fingerprint density at radius 1 is 1.22 bits per heavy atom. The first-order chi connectivity index (χ1) is 8.69. The van der Waals surface area contributed by atoms with Gasteiger partial charge in [-0.15, -0.1) is 0 Å². The lowest BCUT2D eigenvalue weighted by Gasteiger charge is -2.10. The third kappa shape index (κ3) is 3.17. The van der Waals surface area contributed by atoms with Gasteiger partial charge in [0.15, 0.2) is 0 Å². The molecule has 0 aliphatic heterocycles. The second kappa shape index (κ2) is 5.78. The highest BCUT2D eigenvalue weighted by molar-refractivity contribution is 9.10. The molecule has 0 aliphatic rings. The number of ether oxygens (including phenoxy) is 1. The zero-order chi connectivity index (χ0) is 13.0. The SMILES string of the molecule is COc1cccc(CNc2cc(Br)ccc2N)c1. The van der Waals surface area contributed by atoms with E-state index >= 15 is 0 Å². The monoisotopic (exact) mass is 306 g/mol. The Morgan fingerprint density at radius 3 is 2.83 bits per heavy atom. The lowest BCUT2D eigenvalue weighted by molar-refractivity contribution is 0.414. The lowest BCUT2D eigenvalue weighted by Crippen LogP contribution is -2.02. The number of nitrogens with one attached hydrogen (secondary N) is 1. The van der Waals surface area contributed by atoms with Crippen LogP contribution in [-0.4, -0.2) is 7.11 Å². The zero-order valence-electron chi connectivity index (χ0n) is 10.1. The molecular weight excluding hydrogens is 292 g/mol. The van der Waals surface area contributed by atoms with Crippen molar-refractivity contribution in [2.75, 3.05) is 18.2 Å². The third-order valence-corrected chi connectivity index (χ3v) is 3.13. The Kier molecular flexibility index (Phi) is 4.10. The van der Waals surface area contributed by atoms with Crippen molar-refractivity contribution in [2.45, 2.75) is 6.54 Å². The zero-order valence-corrected chi connectivity index (χ0v) is 11.7. The first-order valence-corrected chi connectivity index (χ1v) is 6.40. The maximum absolute atomic E-state index is 5.90. The summed E-state index contributed by atoms with van der Waals surface area (Å²) in [5, 5.41) is 3.31. The quantitative estimate of drug-likeness (QED) is 0.848. The van der Waals surface area contributed by atoms with Crippen molar-refractivity contribution in [1.29, 1.82) is 0 Å². The van der Waals surface area contributed by atoms with Crippen molar-refractivity contribution in [2.24, 2.45) is 0 Å². The normalized spacial score (nSPS) is 10.1. The van der Waals surface area contributed by atoms with Crippen LogP contribution in [0.4, 0.5) is 11.4 Å². The van der Waals surface area contributed by atoms with E-state index in [4.69, 9.17) is 10.5 Å². The molecule has 0 aromatic heterocycles. The molecule has 94 valence electrons. The van der Waals surface area contributed by atoms with Crippen LogP contribution in [0.3, 0.4) is 0 Å². The molecular formula is C14H15BrN2O. The number of hydrogen-bond acceptors (Lipinski definition) is 3. The summed E-state index contributed by atoms with van der Waals surface area (Å²) >= 11 is 3.43. The fraction of sp³-hybridized carbons (Fsp3) is 0.143. The van der Waals surface area contributed by atoms with E-state index in [2.05, 4.69) is 21.2 Å². The fourth-order valence-corrected chi connectivity index (χ4v) is 2.02. The topological polar surface area (TPSA) is 47.3 Å². The first kappa shape index (κ1) is 12.8. The molecule has 0 fully saturated rings. The number of benzene rings is 2. The highest BCUT2D eigenvalue weighted by Crippen LogP contribution is 2.24. The van der Waals surface area contributed by atoms with Gasteiger partial charge in [-0.25, -0.2) is 0 Å². The van der Waals surface area contributed by atoms with Gasteiger partial charge in [0.2, 0.25) is 0 Å². The second-order valence-electron chi connectivity index (χ2n) is 3.94. The van der Waals surface area contributed by atoms with Crippen LogP contribution in [-0.2, 0) is 6.54 Å². The minimum atomic E-state index is 0.706. The van der Waals surface area contributed by atoms with E-state index in [-0.39, 0.29) is 0 Å². The number of methoxy groups -OCH3 is 1. The van der Waals surface area contributed by atoms with Crippen LogP contribution in [0.5, 0.6) is 5.75 Å². The minimum Gasteiger partial charge on any atom is -0.497 e. The van der Waals surface area contributed by atoms with Gasteiger partial charge in [0, 0.05) is 11.0 Å². The van der Waals surface area contributed by atoms with E-state index in [1.807, 2.05) is 42.5 Å². The molecule has 0 saturated heterocycles. The first-order valence-electron chi connectivity index (χ1n) is 5.61. The van der Waals surface area contributed by atoms with Gasteiger partial charge >= 0.3 is 0 Å². The molecule has 0 atom stereocenters. The van der Waals surface area contributed by atoms with E-state index in [0.717, 1.165) is 27.2 Å². The Hall–Kier alpha value is -1.68. The van der Waals surface area contributed by atoms with Crippen molar-refractivity contribution >= 4 is 27.3 Å². The Labute approximate surface area is 115 Å². The Bertz CT molecular complexity index is 543. The highest BCUT2D eigenvalue weighted by atomic mass is 79.9. The summed E-state index contributed by atoms with van der Waals surface area (Å²) in [4.78, 5) is 0. The predicted octanol–water partition coefficient (Wildman–Crippen LogP) is 3.65. The smallest absolute Gasteiger partial charge is 0.119 e. The van der Waals surface area contributed by atoms with Gasteiger partial charge < -0.3 is 15.8 Å². The summed E-state index contributed by atoms with van der Waals surface area (Å²) in [6.45, 7) is 0.706. The maximum atomic E-state index is 5.90. The van der Waals surface area contributed by atoms with Crippen LogP contribution in [0.2, 0.25) is 0 Å². The minimum absolute atomic E-state index is 0.706. The molecule has 2 rings (SSSR count). The summed E-state index contributed by atoms with van der Waals surface area (Å²) in [7, 11) is 1.67. The molecule has 0 spiro atoms. The molecule has 0 radical (unpaired) electrons. The number of nitrogen functional groups attached to an aromatic ring is 1. The molecule has 3 nitrogen and oxygen atoms in total. The predicted molar refractivity (Wildman–Crippen MR) is 78.9 cm³/mol. The van der Waals surface area contributed by atoms with E-state index < -0.39 is 0 Å². The van der Waals surface area contributed by atoms with Crippen molar-refractivity contribution in [3.8, 4) is 5.75 Å². The van der Waals surface area contributed by atoms with Crippen LogP contribution in [0.25, 0.3) is 0 Å².